The van der Waals surface area contributed by atoms with Crippen LogP contribution in [0.2, 0.25) is 5.02 Å². The second kappa shape index (κ2) is 8.54. The van der Waals surface area contributed by atoms with Crippen LogP contribution in [0.4, 0.5) is 0 Å². The van der Waals surface area contributed by atoms with Gasteiger partial charge in [0.25, 0.3) is 5.91 Å². The molecule has 0 radical (unpaired) electrons. The van der Waals surface area contributed by atoms with Crippen LogP contribution in [-0.2, 0) is 12.0 Å². The van der Waals surface area contributed by atoms with Gasteiger partial charge in [0.15, 0.2) is 0 Å². The molecule has 1 aliphatic rings. The molecule has 0 saturated heterocycles. The van der Waals surface area contributed by atoms with Gasteiger partial charge >= 0.3 is 0 Å². The summed E-state index contributed by atoms with van der Waals surface area (Å²) in [4.78, 5) is 19.6. The van der Waals surface area contributed by atoms with E-state index in [0.717, 1.165) is 22.3 Å². The fraction of sp³-hybridized carbons (Fsp3) is 0.250. The normalized spacial score (nSPS) is 15.5. The molecule has 2 N–H and O–H groups in total. The van der Waals surface area contributed by atoms with Crippen molar-refractivity contribution in [1.82, 2.24) is 20.1 Å². The Balaban J connectivity index is 1.67. The highest BCUT2D eigenvalue weighted by Gasteiger charge is 2.42. The predicted octanol–water partition coefficient (Wildman–Crippen LogP) is 6.18. The van der Waals surface area contributed by atoms with E-state index in [1.54, 1.807) is 24.5 Å². The zero-order valence-corrected chi connectivity index (χ0v) is 20.9. The average molecular weight is 487 g/mol. The smallest absolute Gasteiger partial charge is 0.273 e. The molecule has 0 unspecified atom stereocenters. The summed E-state index contributed by atoms with van der Waals surface area (Å²) in [6.45, 7) is 8.74. The first kappa shape index (κ1) is 23.1. The molecule has 7 heteroatoms. The molecule has 0 bridgehead atoms. The molecule has 0 aliphatic carbocycles. The van der Waals surface area contributed by atoms with E-state index in [1.165, 1.54) is 5.56 Å². The van der Waals surface area contributed by atoms with Crippen LogP contribution in [0, 0.1) is 6.92 Å². The van der Waals surface area contributed by atoms with E-state index >= 15 is 0 Å². The highest BCUT2D eigenvalue weighted by molar-refractivity contribution is 6.31. The Bertz CT molecular complexity index is 1410. The lowest BCUT2D eigenvalue weighted by atomic mass is 9.85. The Kier molecular flexibility index (Phi) is 5.64. The fourth-order valence-electron chi connectivity index (χ4n) is 4.62. The summed E-state index contributed by atoms with van der Waals surface area (Å²) in [7, 11) is 0. The molecular weight excluding hydrogens is 460 g/mol. The van der Waals surface area contributed by atoms with Gasteiger partial charge in [0.2, 0.25) is 0 Å². The first-order valence-electron chi connectivity index (χ1n) is 11.5. The van der Waals surface area contributed by atoms with Crippen LogP contribution < -0.4 is 0 Å². The van der Waals surface area contributed by atoms with Crippen molar-refractivity contribution in [2.75, 3.05) is 0 Å². The predicted molar refractivity (Wildman–Crippen MR) is 137 cm³/mol. The van der Waals surface area contributed by atoms with Gasteiger partial charge in [0, 0.05) is 35.1 Å². The Morgan fingerprint density at radius 3 is 2.54 bits per heavy atom. The molecule has 6 nitrogen and oxygen atoms in total. The Hall–Kier alpha value is -3.64. The number of hydrogen-bond acceptors (Lipinski definition) is 4. The molecule has 35 heavy (non-hydrogen) atoms. The molecule has 3 heterocycles. The van der Waals surface area contributed by atoms with E-state index in [1.807, 2.05) is 24.0 Å². The first-order chi connectivity index (χ1) is 16.6. The maximum absolute atomic E-state index is 13.6. The van der Waals surface area contributed by atoms with Crippen LogP contribution in [0.5, 0.6) is 5.75 Å². The minimum Gasteiger partial charge on any atom is -0.507 e. The molecule has 2 aromatic heterocycles. The van der Waals surface area contributed by atoms with Crippen molar-refractivity contribution in [2.24, 2.45) is 0 Å². The average Bonchev–Trinajstić information content (AvgIpc) is 3.36. The van der Waals surface area contributed by atoms with Crippen LogP contribution in [-0.4, -0.2) is 31.1 Å². The van der Waals surface area contributed by atoms with Crippen molar-refractivity contribution in [1.29, 1.82) is 0 Å². The minimum atomic E-state index is -0.389. The highest BCUT2D eigenvalue weighted by atomic mass is 35.5. The van der Waals surface area contributed by atoms with E-state index < -0.39 is 0 Å². The van der Waals surface area contributed by atoms with E-state index in [2.05, 4.69) is 60.2 Å². The van der Waals surface area contributed by atoms with E-state index in [4.69, 9.17) is 11.6 Å². The Morgan fingerprint density at radius 1 is 1.14 bits per heavy atom. The standard InChI is InChI=1S/C28H27ClN4O2/c1-16-12-22(34)20(13-21(16)29)24-23-25(32-31-24)27(35)33(15-17-6-5-11-30-14-17)26(23)18-7-9-19(10-8-18)28(2,3)4/h5-14,26,34H,15H2,1-4H3,(H,31,32)/t26-/m1/s1. The van der Waals surface area contributed by atoms with Gasteiger partial charge in [0.05, 0.1) is 6.04 Å². The number of aromatic hydroxyl groups is 1. The quantitative estimate of drug-likeness (QED) is 0.360. The second-order valence-electron chi connectivity index (χ2n) is 10.0. The number of hydrogen-bond donors (Lipinski definition) is 2. The van der Waals surface area contributed by atoms with E-state index in [-0.39, 0.29) is 23.1 Å². The summed E-state index contributed by atoms with van der Waals surface area (Å²) in [6.07, 6.45) is 3.48. The van der Waals surface area contributed by atoms with Crippen LogP contribution in [0.15, 0.2) is 60.9 Å². The van der Waals surface area contributed by atoms with Gasteiger partial charge in [-0.1, -0.05) is 62.7 Å². The van der Waals surface area contributed by atoms with Crippen molar-refractivity contribution >= 4 is 17.5 Å². The molecule has 0 fully saturated rings. The van der Waals surface area contributed by atoms with Crippen molar-refractivity contribution in [3.05, 3.63) is 99.5 Å². The topological polar surface area (TPSA) is 82.1 Å². The maximum Gasteiger partial charge on any atom is 0.273 e. The summed E-state index contributed by atoms with van der Waals surface area (Å²) in [5, 5.41) is 18.7. The lowest BCUT2D eigenvalue weighted by Gasteiger charge is -2.27. The summed E-state index contributed by atoms with van der Waals surface area (Å²) in [6, 6.07) is 15.1. The number of aromatic nitrogens is 3. The number of nitrogens with one attached hydrogen (secondary N) is 1. The second-order valence-corrected chi connectivity index (χ2v) is 10.5. The number of rotatable bonds is 4. The van der Waals surface area contributed by atoms with Gasteiger partial charge in [0.1, 0.15) is 17.1 Å². The summed E-state index contributed by atoms with van der Waals surface area (Å²) in [5.74, 6) is -0.0774. The number of amides is 1. The lowest BCUT2D eigenvalue weighted by molar-refractivity contribution is 0.0730. The number of fused-ring (bicyclic) bond motifs is 1. The molecule has 0 saturated carbocycles. The molecule has 1 amide bonds. The van der Waals surface area contributed by atoms with Gasteiger partial charge in [-0.25, -0.2) is 0 Å². The van der Waals surface area contributed by atoms with Crippen molar-refractivity contribution < 1.29 is 9.90 Å². The van der Waals surface area contributed by atoms with Gasteiger partial charge < -0.3 is 10.0 Å². The molecule has 1 aliphatic heterocycles. The number of nitrogens with zero attached hydrogens (tertiary/aromatic N) is 3. The van der Waals surface area contributed by atoms with Crippen molar-refractivity contribution in [2.45, 2.75) is 45.7 Å². The fourth-order valence-corrected chi connectivity index (χ4v) is 4.78. The zero-order chi connectivity index (χ0) is 24.9. The van der Waals surface area contributed by atoms with Gasteiger partial charge in [-0.15, -0.1) is 0 Å². The number of phenolic OH excluding ortho intramolecular Hbond substituents is 1. The number of H-pyrrole nitrogens is 1. The Morgan fingerprint density at radius 2 is 1.89 bits per heavy atom. The third kappa shape index (κ3) is 4.08. The van der Waals surface area contributed by atoms with Crippen LogP contribution in [0.25, 0.3) is 11.3 Å². The van der Waals surface area contributed by atoms with Crippen LogP contribution >= 0.6 is 11.6 Å². The zero-order valence-electron chi connectivity index (χ0n) is 20.1. The van der Waals surface area contributed by atoms with Gasteiger partial charge in [-0.3, -0.25) is 14.9 Å². The summed E-state index contributed by atoms with van der Waals surface area (Å²) >= 11 is 6.40. The van der Waals surface area contributed by atoms with Crippen LogP contribution in [0.1, 0.15) is 65.1 Å². The van der Waals surface area contributed by atoms with Gasteiger partial charge in [-0.2, -0.15) is 5.10 Å². The lowest BCUT2D eigenvalue weighted by Crippen LogP contribution is -2.29. The highest BCUT2D eigenvalue weighted by Crippen LogP contribution is 2.46. The third-order valence-corrected chi connectivity index (χ3v) is 6.97. The molecule has 5 rings (SSSR count). The number of pyridine rings is 1. The number of aryl methyl sites for hydroxylation is 1. The molecular formula is C28H27ClN4O2. The van der Waals surface area contributed by atoms with Crippen molar-refractivity contribution in [3.8, 4) is 17.0 Å². The summed E-state index contributed by atoms with van der Waals surface area (Å²) < 4.78 is 0. The number of aromatic amines is 1. The van der Waals surface area contributed by atoms with Crippen molar-refractivity contribution in [3.63, 3.8) is 0 Å². The molecule has 4 aromatic rings. The molecule has 2 aromatic carbocycles. The number of benzene rings is 2. The summed E-state index contributed by atoms with van der Waals surface area (Å²) in [5.41, 5.74) is 6.05. The number of carbonyl (C=O) groups excluding carboxylic acids is 1. The number of phenols is 1. The molecule has 0 spiro atoms. The maximum atomic E-state index is 13.6. The SMILES string of the molecule is Cc1cc(O)c(-c2n[nH]c3c2[C@@H](c2ccc(C(C)(C)C)cc2)N(Cc2cccnc2)C3=O)cc1Cl. The minimum absolute atomic E-state index is 0.00974. The number of carbonyl (C=O) groups is 1. The van der Waals surface area contributed by atoms with Crippen LogP contribution in [0.3, 0.4) is 0 Å². The van der Waals surface area contributed by atoms with E-state index in [9.17, 15) is 9.90 Å². The van der Waals surface area contributed by atoms with E-state index in [0.29, 0.717) is 28.5 Å². The monoisotopic (exact) mass is 486 g/mol. The Labute approximate surface area is 209 Å². The number of halogens is 1. The molecule has 1 atom stereocenters. The first-order valence-corrected chi connectivity index (χ1v) is 11.9. The van der Waals surface area contributed by atoms with Gasteiger partial charge in [-0.05, 0) is 52.8 Å². The molecule has 178 valence electrons. The largest absolute Gasteiger partial charge is 0.507 e. The third-order valence-electron chi connectivity index (χ3n) is 6.56.